The lowest BCUT2D eigenvalue weighted by molar-refractivity contribution is -0.121. The van der Waals surface area contributed by atoms with Crippen LogP contribution in [0.15, 0.2) is 18.2 Å². The minimum atomic E-state index is -0.0474. The van der Waals surface area contributed by atoms with E-state index in [-0.39, 0.29) is 11.9 Å². The third-order valence-electron chi connectivity index (χ3n) is 2.30. The summed E-state index contributed by atoms with van der Waals surface area (Å²) in [6, 6.07) is 5.34. The maximum absolute atomic E-state index is 11.4. The molecule has 1 rings (SSSR count). The van der Waals surface area contributed by atoms with E-state index in [0.717, 1.165) is 12.0 Å². The fourth-order valence-electron chi connectivity index (χ4n) is 1.41. The number of carbonyl (C=O) groups is 1. The van der Waals surface area contributed by atoms with Crippen LogP contribution < -0.4 is 5.32 Å². The third-order valence-corrected chi connectivity index (χ3v) is 3.04. The van der Waals surface area contributed by atoms with Crippen LogP contribution >= 0.6 is 23.2 Å². The van der Waals surface area contributed by atoms with E-state index in [0.29, 0.717) is 16.5 Å². The van der Waals surface area contributed by atoms with Gasteiger partial charge in [0.15, 0.2) is 0 Å². The van der Waals surface area contributed by atoms with Crippen LogP contribution in [-0.2, 0) is 4.79 Å². The molecule has 4 heteroatoms. The molecular weight excluding hydrogens is 245 g/mol. The molecule has 88 valence electrons. The molecule has 1 N–H and O–H groups in total. The van der Waals surface area contributed by atoms with Crippen molar-refractivity contribution in [3.8, 4) is 0 Å². The molecule has 0 radical (unpaired) electrons. The van der Waals surface area contributed by atoms with Gasteiger partial charge in [0.2, 0.25) is 5.91 Å². The van der Waals surface area contributed by atoms with Crippen LogP contribution in [0, 0.1) is 0 Å². The summed E-state index contributed by atoms with van der Waals surface area (Å²) in [6.07, 6.45) is 1.39. The van der Waals surface area contributed by atoms with Crippen molar-refractivity contribution < 1.29 is 4.79 Å². The Balaban J connectivity index is 2.69. The molecule has 0 heterocycles. The lowest BCUT2D eigenvalue weighted by atomic mass is 10.1. The zero-order chi connectivity index (χ0) is 12.1. The summed E-state index contributed by atoms with van der Waals surface area (Å²) in [5.41, 5.74) is 0.957. The standard InChI is InChI=1S/C12H15Cl2NO/c1-3-4-12(16)15-8(2)9-5-6-10(13)11(14)7-9/h5-8H,3-4H2,1-2H3,(H,15,16)/t8-/m1/s1. The van der Waals surface area contributed by atoms with Crippen LogP contribution in [0.25, 0.3) is 0 Å². The smallest absolute Gasteiger partial charge is 0.220 e. The van der Waals surface area contributed by atoms with Gasteiger partial charge in [-0.15, -0.1) is 0 Å². The summed E-state index contributed by atoms with van der Waals surface area (Å²) in [5, 5.41) is 3.94. The molecule has 0 bridgehead atoms. The minimum absolute atomic E-state index is 0.0474. The first-order valence-corrected chi connectivity index (χ1v) is 6.04. The van der Waals surface area contributed by atoms with Gasteiger partial charge in [-0.1, -0.05) is 36.2 Å². The molecule has 0 aliphatic heterocycles. The summed E-state index contributed by atoms with van der Waals surface area (Å²) in [4.78, 5) is 11.4. The van der Waals surface area contributed by atoms with Crippen molar-refractivity contribution in [2.75, 3.05) is 0 Å². The topological polar surface area (TPSA) is 29.1 Å². The first kappa shape index (κ1) is 13.3. The van der Waals surface area contributed by atoms with Gasteiger partial charge in [-0.25, -0.2) is 0 Å². The van der Waals surface area contributed by atoms with E-state index in [1.807, 2.05) is 19.9 Å². The number of carbonyl (C=O) groups excluding carboxylic acids is 1. The predicted molar refractivity (Wildman–Crippen MR) is 67.9 cm³/mol. The van der Waals surface area contributed by atoms with Crippen LogP contribution in [0.5, 0.6) is 0 Å². The van der Waals surface area contributed by atoms with E-state index < -0.39 is 0 Å². The number of hydrogen-bond acceptors (Lipinski definition) is 1. The molecule has 0 spiro atoms. The fourth-order valence-corrected chi connectivity index (χ4v) is 1.71. The maximum atomic E-state index is 11.4. The first-order chi connectivity index (χ1) is 7.54. The van der Waals surface area contributed by atoms with Gasteiger partial charge in [0.25, 0.3) is 0 Å². The van der Waals surface area contributed by atoms with Crippen molar-refractivity contribution in [1.82, 2.24) is 5.32 Å². The van der Waals surface area contributed by atoms with Crippen LogP contribution in [0.1, 0.15) is 38.3 Å². The van der Waals surface area contributed by atoms with E-state index in [2.05, 4.69) is 5.32 Å². The van der Waals surface area contributed by atoms with Gasteiger partial charge in [-0.3, -0.25) is 4.79 Å². The molecule has 2 nitrogen and oxygen atoms in total. The summed E-state index contributed by atoms with van der Waals surface area (Å²) < 4.78 is 0. The summed E-state index contributed by atoms with van der Waals surface area (Å²) >= 11 is 11.7. The molecule has 1 amide bonds. The molecule has 0 aromatic heterocycles. The van der Waals surface area contributed by atoms with Gasteiger partial charge in [-0.2, -0.15) is 0 Å². The highest BCUT2D eigenvalue weighted by atomic mass is 35.5. The van der Waals surface area contributed by atoms with Crippen LogP contribution in [0.4, 0.5) is 0 Å². The second kappa shape index (κ2) is 6.12. The molecule has 16 heavy (non-hydrogen) atoms. The molecule has 1 aromatic rings. The van der Waals surface area contributed by atoms with Crippen molar-refractivity contribution in [3.63, 3.8) is 0 Å². The highest BCUT2D eigenvalue weighted by molar-refractivity contribution is 6.42. The van der Waals surface area contributed by atoms with Crippen molar-refractivity contribution in [1.29, 1.82) is 0 Å². The monoisotopic (exact) mass is 259 g/mol. The van der Waals surface area contributed by atoms with Gasteiger partial charge >= 0.3 is 0 Å². The molecule has 1 atom stereocenters. The quantitative estimate of drug-likeness (QED) is 0.871. The van der Waals surface area contributed by atoms with E-state index in [1.165, 1.54) is 0 Å². The zero-order valence-corrected chi connectivity index (χ0v) is 10.9. The Morgan fingerprint density at radius 1 is 1.38 bits per heavy atom. The number of rotatable bonds is 4. The lowest BCUT2D eigenvalue weighted by Crippen LogP contribution is -2.26. The Bertz CT molecular complexity index is 379. The van der Waals surface area contributed by atoms with Gasteiger partial charge < -0.3 is 5.32 Å². The largest absolute Gasteiger partial charge is 0.350 e. The highest BCUT2D eigenvalue weighted by Crippen LogP contribution is 2.25. The second-order valence-electron chi connectivity index (χ2n) is 3.71. The van der Waals surface area contributed by atoms with Crippen LogP contribution in [-0.4, -0.2) is 5.91 Å². The average Bonchev–Trinajstić information content (AvgIpc) is 2.22. The zero-order valence-electron chi connectivity index (χ0n) is 9.39. The molecule has 0 fully saturated rings. The second-order valence-corrected chi connectivity index (χ2v) is 4.53. The molecule has 0 unspecified atom stereocenters. The van der Waals surface area contributed by atoms with Crippen LogP contribution in [0.2, 0.25) is 10.0 Å². The molecular formula is C12H15Cl2NO. The van der Waals surface area contributed by atoms with Crippen LogP contribution in [0.3, 0.4) is 0 Å². The number of hydrogen-bond donors (Lipinski definition) is 1. The fraction of sp³-hybridized carbons (Fsp3) is 0.417. The van der Waals surface area contributed by atoms with E-state index in [4.69, 9.17) is 23.2 Å². The Kier molecular flexibility index (Phi) is 5.10. The Labute approximate surface area is 106 Å². The predicted octanol–water partition coefficient (Wildman–Crippen LogP) is 3.97. The summed E-state index contributed by atoms with van der Waals surface area (Å²) in [7, 11) is 0. The highest BCUT2D eigenvalue weighted by Gasteiger charge is 2.10. The number of halogens is 2. The number of benzene rings is 1. The summed E-state index contributed by atoms with van der Waals surface area (Å²) in [6.45, 7) is 3.90. The van der Waals surface area contributed by atoms with Crippen molar-refractivity contribution >= 4 is 29.1 Å². The maximum Gasteiger partial charge on any atom is 0.220 e. The Hall–Kier alpha value is -0.730. The number of amides is 1. The van der Waals surface area contributed by atoms with E-state index in [9.17, 15) is 4.79 Å². The van der Waals surface area contributed by atoms with Gasteiger partial charge in [0, 0.05) is 6.42 Å². The molecule has 0 saturated heterocycles. The summed E-state index contributed by atoms with van der Waals surface area (Å²) in [5.74, 6) is 0.0565. The molecule has 1 aromatic carbocycles. The first-order valence-electron chi connectivity index (χ1n) is 5.29. The van der Waals surface area contributed by atoms with Crippen molar-refractivity contribution in [2.45, 2.75) is 32.7 Å². The van der Waals surface area contributed by atoms with Gasteiger partial charge in [0.1, 0.15) is 0 Å². The van der Waals surface area contributed by atoms with E-state index in [1.54, 1.807) is 12.1 Å². The van der Waals surface area contributed by atoms with Gasteiger partial charge in [-0.05, 0) is 31.0 Å². The molecule has 0 saturated carbocycles. The normalized spacial score (nSPS) is 12.2. The SMILES string of the molecule is CCCC(=O)N[C@H](C)c1ccc(Cl)c(Cl)c1. The van der Waals surface area contributed by atoms with E-state index >= 15 is 0 Å². The van der Waals surface area contributed by atoms with Gasteiger partial charge in [0.05, 0.1) is 16.1 Å². The van der Waals surface area contributed by atoms with Crippen molar-refractivity contribution in [2.24, 2.45) is 0 Å². The third kappa shape index (κ3) is 3.69. The Morgan fingerprint density at radius 2 is 2.06 bits per heavy atom. The Morgan fingerprint density at radius 3 is 2.62 bits per heavy atom. The minimum Gasteiger partial charge on any atom is -0.350 e. The molecule has 0 aliphatic carbocycles. The molecule has 0 aliphatic rings. The lowest BCUT2D eigenvalue weighted by Gasteiger charge is -2.14. The average molecular weight is 260 g/mol. The van der Waals surface area contributed by atoms with Crippen molar-refractivity contribution in [3.05, 3.63) is 33.8 Å². The number of nitrogens with one attached hydrogen (secondary N) is 1.